The Morgan fingerprint density at radius 3 is 2.86 bits per heavy atom. The van der Waals surface area contributed by atoms with Gasteiger partial charge in [0.05, 0.1) is 15.9 Å². The monoisotopic (exact) mass is 252 g/mol. The summed E-state index contributed by atoms with van der Waals surface area (Å²) in [4.78, 5) is 18.6. The van der Waals surface area contributed by atoms with Crippen molar-refractivity contribution in [1.29, 1.82) is 0 Å². The van der Waals surface area contributed by atoms with Gasteiger partial charge in [-0.15, -0.1) is 0 Å². The van der Waals surface area contributed by atoms with Crippen LogP contribution >= 0.6 is 15.9 Å². The Balaban J connectivity index is 2.78. The van der Waals surface area contributed by atoms with Crippen molar-refractivity contribution >= 4 is 27.0 Å². The summed E-state index contributed by atoms with van der Waals surface area (Å²) in [6.45, 7) is 1.88. The molecule has 2 rings (SSSR count). The first kappa shape index (κ1) is 9.40. The Morgan fingerprint density at radius 1 is 1.43 bits per heavy atom. The molecule has 3 nitrogen and oxygen atoms in total. The minimum atomic E-state index is -0.131. The molecule has 0 aliphatic rings. The number of alkyl halides is 1. The van der Waals surface area contributed by atoms with E-state index in [-0.39, 0.29) is 10.4 Å². The minimum Gasteiger partial charge on any atom is -0.319 e. The molecule has 0 radical (unpaired) electrons. The number of hydrogen-bond donors (Lipinski definition) is 1. The summed E-state index contributed by atoms with van der Waals surface area (Å²) in [5.41, 5.74) is 1.97. The van der Waals surface area contributed by atoms with Gasteiger partial charge in [0.2, 0.25) is 0 Å². The second kappa shape index (κ2) is 3.53. The van der Waals surface area contributed by atoms with E-state index in [1.807, 2.05) is 31.2 Å². The topological polar surface area (TPSA) is 45.8 Å². The fourth-order valence-electron chi connectivity index (χ4n) is 1.31. The first-order valence-corrected chi connectivity index (χ1v) is 5.23. The highest BCUT2D eigenvalue weighted by molar-refractivity contribution is 9.09. The summed E-state index contributed by atoms with van der Waals surface area (Å²) in [6.07, 6.45) is 0. The summed E-state index contributed by atoms with van der Waals surface area (Å²) in [7, 11) is 0. The number of halogens is 1. The second-order valence-corrected chi connectivity index (χ2v) is 4.46. The summed E-state index contributed by atoms with van der Waals surface area (Å²) in [5.74, 6) is 0. The van der Waals surface area contributed by atoms with Crippen LogP contribution in [-0.4, -0.2) is 9.97 Å². The van der Waals surface area contributed by atoms with Crippen LogP contribution in [0.4, 0.5) is 0 Å². The molecule has 0 spiro atoms. The van der Waals surface area contributed by atoms with Crippen molar-refractivity contribution in [3.05, 3.63) is 40.3 Å². The fraction of sp³-hybridized carbons (Fsp3) is 0.200. The Hall–Kier alpha value is -1.16. The molecular weight excluding hydrogens is 244 g/mol. The normalized spacial score (nSPS) is 13.0. The lowest BCUT2D eigenvalue weighted by atomic mass is 10.2. The number of nitrogens with zero attached hydrogens (tertiary/aromatic N) is 1. The van der Waals surface area contributed by atoms with Gasteiger partial charge in [-0.25, -0.2) is 4.98 Å². The average molecular weight is 253 g/mol. The molecule has 1 atom stereocenters. The quantitative estimate of drug-likeness (QED) is 0.793. The first-order valence-electron chi connectivity index (χ1n) is 4.31. The van der Waals surface area contributed by atoms with E-state index >= 15 is 0 Å². The summed E-state index contributed by atoms with van der Waals surface area (Å²) in [6, 6.07) is 7.49. The van der Waals surface area contributed by atoms with Crippen LogP contribution in [0.3, 0.4) is 0 Å². The third-order valence-corrected chi connectivity index (χ3v) is 2.44. The van der Waals surface area contributed by atoms with Gasteiger partial charge in [0.25, 0.3) is 5.56 Å². The first-order chi connectivity index (χ1) is 6.68. The number of nitrogens with one attached hydrogen (secondary N) is 1. The lowest BCUT2D eigenvalue weighted by Gasteiger charge is -2.03. The van der Waals surface area contributed by atoms with Gasteiger partial charge in [0.15, 0.2) is 0 Å². The smallest absolute Gasteiger partial charge is 0.271 e. The van der Waals surface area contributed by atoms with Crippen molar-refractivity contribution in [2.75, 3.05) is 0 Å². The van der Waals surface area contributed by atoms with Crippen LogP contribution in [0, 0.1) is 0 Å². The zero-order valence-corrected chi connectivity index (χ0v) is 9.21. The van der Waals surface area contributed by atoms with Crippen molar-refractivity contribution < 1.29 is 0 Å². The van der Waals surface area contributed by atoms with Gasteiger partial charge in [0.1, 0.15) is 5.69 Å². The molecule has 72 valence electrons. The van der Waals surface area contributed by atoms with Crippen LogP contribution in [0.5, 0.6) is 0 Å². The molecular formula is C10H9BrN2O. The number of benzene rings is 1. The Kier molecular flexibility index (Phi) is 2.37. The molecule has 1 unspecified atom stereocenters. The lowest BCUT2D eigenvalue weighted by Crippen LogP contribution is -2.15. The largest absolute Gasteiger partial charge is 0.319 e. The number of para-hydroxylation sites is 2. The molecule has 2 aromatic rings. The van der Waals surface area contributed by atoms with Crippen molar-refractivity contribution in [3.63, 3.8) is 0 Å². The van der Waals surface area contributed by atoms with E-state index in [0.717, 1.165) is 11.0 Å². The number of hydrogen-bond acceptors (Lipinski definition) is 2. The maximum Gasteiger partial charge on any atom is 0.271 e. The molecule has 0 fully saturated rings. The van der Waals surface area contributed by atoms with Crippen molar-refractivity contribution in [1.82, 2.24) is 9.97 Å². The second-order valence-electron chi connectivity index (χ2n) is 3.08. The number of fused-ring (bicyclic) bond motifs is 1. The van der Waals surface area contributed by atoms with Gasteiger partial charge in [-0.3, -0.25) is 4.79 Å². The molecule has 0 aliphatic heterocycles. The highest BCUT2D eigenvalue weighted by Crippen LogP contribution is 2.17. The van der Waals surface area contributed by atoms with E-state index in [9.17, 15) is 4.79 Å². The Labute approximate surface area is 89.3 Å². The van der Waals surface area contributed by atoms with Crippen LogP contribution < -0.4 is 5.56 Å². The van der Waals surface area contributed by atoms with Crippen molar-refractivity contribution in [3.8, 4) is 0 Å². The molecule has 0 amide bonds. The Morgan fingerprint density at radius 2 is 2.14 bits per heavy atom. The Bertz CT molecular complexity index is 519. The molecule has 0 saturated heterocycles. The van der Waals surface area contributed by atoms with E-state index < -0.39 is 0 Å². The number of aromatic nitrogens is 2. The van der Waals surface area contributed by atoms with Crippen molar-refractivity contribution in [2.45, 2.75) is 11.8 Å². The molecule has 14 heavy (non-hydrogen) atoms. The van der Waals surface area contributed by atoms with Crippen LogP contribution in [0.25, 0.3) is 11.0 Å². The highest BCUT2D eigenvalue weighted by Gasteiger charge is 2.08. The number of H-pyrrole nitrogens is 1. The van der Waals surface area contributed by atoms with Gasteiger partial charge >= 0.3 is 0 Å². The summed E-state index contributed by atoms with van der Waals surface area (Å²) >= 11 is 3.34. The van der Waals surface area contributed by atoms with Crippen LogP contribution in [0.2, 0.25) is 0 Å². The van der Waals surface area contributed by atoms with E-state index in [4.69, 9.17) is 0 Å². The molecule has 1 aromatic heterocycles. The highest BCUT2D eigenvalue weighted by atomic mass is 79.9. The molecule has 0 bridgehead atoms. The molecule has 0 aliphatic carbocycles. The zero-order chi connectivity index (χ0) is 10.1. The van der Waals surface area contributed by atoms with Crippen LogP contribution in [0.15, 0.2) is 29.1 Å². The molecule has 1 aromatic carbocycles. The van der Waals surface area contributed by atoms with Crippen LogP contribution in [-0.2, 0) is 0 Å². The standard InChI is InChI=1S/C10H9BrN2O/c1-6(11)9-10(14)13-8-5-3-2-4-7(8)12-9/h2-6H,1H3,(H,13,14). The predicted molar refractivity (Wildman–Crippen MR) is 59.7 cm³/mol. The minimum absolute atomic E-state index is 0.0316. The van der Waals surface area contributed by atoms with Gasteiger partial charge < -0.3 is 4.98 Å². The van der Waals surface area contributed by atoms with E-state index in [2.05, 4.69) is 25.9 Å². The molecule has 1 N–H and O–H groups in total. The lowest BCUT2D eigenvalue weighted by molar-refractivity contribution is 0.987. The summed E-state index contributed by atoms with van der Waals surface area (Å²) in [5, 5.41) is 0. The van der Waals surface area contributed by atoms with Gasteiger partial charge in [-0.1, -0.05) is 28.1 Å². The van der Waals surface area contributed by atoms with Crippen molar-refractivity contribution in [2.24, 2.45) is 0 Å². The maximum atomic E-state index is 11.5. The molecule has 1 heterocycles. The van der Waals surface area contributed by atoms with E-state index in [1.165, 1.54) is 0 Å². The molecule has 4 heteroatoms. The number of rotatable bonds is 1. The average Bonchev–Trinajstić information content (AvgIpc) is 2.16. The maximum absolute atomic E-state index is 11.5. The van der Waals surface area contributed by atoms with Gasteiger partial charge in [-0.05, 0) is 19.1 Å². The third kappa shape index (κ3) is 1.57. The third-order valence-electron chi connectivity index (χ3n) is 2.00. The SMILES string of the molecule is CC(Br)c1nc2ccccc2[nH]c1=O. The van der Waals surface area contributed by atoms with Gasteiger partial charge in [-0.2, -0.15) is 0 Å². The fourth-order valence-corrected chi connectivity index (χ4v) is 1.62. The zero-order valence-electron chi connectivity index (χ0n) is 7.62. The van der Waals surface area contributed by atoms with Gasteiger partial charge in [0, 0.05) is 0 Å². The van der Waals surface area contributed by atoms with E-state index in [0.29, 0.717) is 5.69 Å². The van der Waals surface area contributed by atoms with Crippen LogP contribution in [0.1, 0.15) is 17.4 Å². The molecule has 0 saturated carbocycles. The van der Waals surface area contributed by atoms with E-state index in [1.54, 1.807) is 0 Å². The number of aromatic amines is 1. The predicted octanol–water partition coefficient (Wildman–Crippen LogP) is 2.38. The summed E-state index contributed by atoms with van der Waals surface area (Å²) < 4.78 is 0.